The van der Waals surface area contributed by atoms with E-state index in [9.17, 15) is 4.79 Å². The van der Waals surface area contributed by atoms with Gasteiger partial charge in [0.25, 0.3) is 0 Å². The Morgan fingerprint density at radius 1 is 1.50 bits per heavy atom. The topological polar surface area (TPSA) is 44.4 Å². The summed E-state index contributed by atoms with van der Waals surface area (Å²) in [6.07, 6.45) is 0. The summed E-state index contributed by atoms with van der Waals surface area (Å²) in [5.74, 6) is 0.0942. The van der Waals surface area contributed by atoms with Crippen LogP contribution in [-0.2, 0) is 11.3 Å². The van der Waals surface area contributed by atoms with Crippen molar-refractivity contribution in [1.29, 1.82) is 0 Å². The fraction of sp³-hybridized carbons (Fsp3) is 0.400. The molecule has 0 spiro atoms. The first-order valence-corrected chi connectivity index (χ1v) is 7.79. The molecular weight excluding hydrogens is 270 g/mol. The number of likely N-dealkylation sites (N-methyl/N-ethyl adjacent to an activating group) is 1. The highest BCUT2D eigenvalue weighted by Gasteiger charge is 2.28. The minimum Gasteiger partial charge on any atom is -0.358 e. The summed E-state index contributed by atoms with van der Waals surface area (Å²) in [5.41, 5.74) is 1.32. The maximum absolute atomic E-state index is 12.0. The quantitative estimate of drug-likeness (QED) is 0.898. The van der Waals surface area contributed by atoms with Gasteiger partial charge in [-0.25, -0.2) is 0 Å². The number of hydrogen-bond donors (Lipinski definition) is 2. The lowest BCUT2D eigenvalue weighted by Gasteiger charge is -2.34. The van der Waals surface area contributed by atoms with Gasteiger partial charge in [-0.05, 0) is 22.4 Å². The average Bonchev–Trinajstić information content (AvgIpc) is 2.90. The molecule has 0 radical (unpaired) electrons. The number of piperazine rings is 1. The molecule has 1 unspecified atom stereocenters. The summed E-state index contributed by atoms with van der Waals surface area (Å²) in [5, 5.41) is 9.59. The standard InChI is InChI=1S/C15H19N3OS/c1-16-15(19)13-8-17-6-7-18(13)9-11-10-20-14-5-3-2-4-12(11)14/h2-5,10,13,17H,6-9H2,1H3,(H,16,19). The van der Waals surface area contributed by atoms with Crippen molar-refractivity contribution in [3.8, 4) is 0 Å². The molecule has 2 N–H and O–H groups in total. The summed E-state index contributed by atoms with van der Waals surface area (Å²) >= 11 is 1.78. The zero-order valence-electron chi connectivity index (χ0n) is 11.6. The lowest BCUT2D eigenvalue weighted by atomic mass is 10.1. The summed E-state index contributed by atoms with van der Waals surface area (Å²) in [7, 11) is 1.70. The molecule has 0 aliphatic carbocycles. The van der Waals surface area contributed by atoms with Gasteiger partial charge in [0.1, 0.15) is 6.04 Å². The summed E-state index contributed by atoms with van der Waals surface area (Å²) < 4.78 is 1.31. The van der Waals surface area contributed by atoms with Crippen molar-refractivity contribution < 1.29 is 4.79 Å². The number of nitrogens with one attached hydrogen (secondary N) is 2. The Hall–Kier alpha value is -1.43. The summed E-state index contributed by atoms with van der Waals surface area (Å²) in [6.45, 7) is 3.41. The van der Waals surface area contributed by atoms with E-state index in [4.69, 9.17) is 0 Å². The van der Waals surface area contributed by atoms with Crippen molar-refractivity contribution in [3.05, 3.63) is 35.2 Å². The van der Waals surface area contributed by atoms with E-state index in [0.717, 1.165) is 26.2 Å². The Kier molecular flexibility index (Phi) is 4.00. The van der Waals surface area contributed by atoms with E-state index in [1.54, 1.807) is 18.4 Å². The molecule has 3 rings (SSSR count). The Balaban J connectivity index is 1.83. The number of rotatable bonds is 3. The van der Waals surface area contributed by atoms with E-state index in [1.807, 2.05) is 0 Å². The molecule has 1 aromatic carbocycles. The maximum Gasteiger partial charge on any atom is 0.238 e. The normalized spacial score (nSPS) is 20.1. The zero-order valence-corrected chi connectivity index (χ0v) is 12.4. The molecule has 20 heavy (non-hydrogen) atoms. The van der Waals surface area contributed by atoms with Crippen LogP contribution >= 0.6 is 11.3 Å². The Labute approximate surface area is 122 Å². The second-order valence-corrected chi connectivity index (χ2v) is 5.97. The molecular formula is C15H19N3OS. The molecule has 1 aromatic heterocycles. The Morgan fingerprint density at radius 2 is 2.35 bits per heavy atom. The van der Waals surface area contributed by atoms with Crippen LogP contribution in [0.25, 0.3) is 10.1 Å². The molecule has 0 saturated carbocycles. The van der Waals surface area contributed by atoms with Gasteiger partial charge < -0.3 is 10.6 Å². The Bertz CT molecular complexity index is 610. The molecule has 106 valence electrons. The molecule has 2 aromatic rings. The first-order chi connectivity index (χ1) is 9.79. The highest BCUT2D eigenvalue weighted by atomic mass is 32.1. The fourth-order valence-corrected chi connectivity index (χ4v) is 3.69. The minimum absolute atomic E-state index is 0.0765. The zero-order chi connectivity index (χ0) is 13.9. The molecule has 1 saturated heterocycles. The van der Waals surface area contributed by atoms with Gasteiger partial charge in [0.2, 0.25) is 5.91 Å². The first-order valence-electron chi connectivity index (χ1n) is 6.91. The smallest absolute Gasteiger partial charge is 0.238 e. The maximum atomic E-state index is 12.0. The van der Waals surface area contributed by atoms with Crippen molar-refractivity contribution in [3.63, 3.8) is 0 Å². The number of thiophene rings is 1. The second-order valence-electron chi connectivity index (χ2n) is 5.06. The van der Waals surface area contributed by atoms with Gasteiger partial charge in [0.15, 0.2) is 0 Å². The van der Waals surface area contributed by atoms with Gasteiger partial charge in [-0.1, -0.05) is 18.2 Å². The second kappa shape index (κ2) is 5.91. The predicted octanol–water partition coefficient (Wildman–Crippen LogP) is 1.42. The number of nitrogens with zero attached hydrogens (tertiary/aromatic N) is 1. The van der Waals surface area contributed by atoms with Crippen LogP contribution in [0.5, 0.6) is 0 Å². The van der Waals surface area contributed by atoms with Gasteiger partial charge in [0, 0.05) is 37.9 Å². The Morgan fingerprint density at radius 3 is 3.20 bits per heavy atom. The third kappa shape index (κ3) is 2.57. The molecule has 1 atom stereocenters. The van der Waals surface area contributed by atoms with E-state index in [0.29, 0.717) is 0 Å². The van der Waals surface area contributed by atoms with E-state index in [-0.39, 0.29) is 11.9 Å². The lowest BCUT2D eigenvalue weighted by molar-refractivity contribution is -0.126. The minimum atomic E-state index is -0.0765. The van der Waals surface area contributed by atoms with E-state index in [1.165, 1.54) is 15.6 Å². The van der Waals surface area contributed by atoms with E-state index in [2.05, 4.69) is 45.2 Å². The average molecular weight is 289 g/mol. The van der Waals surface area contributed by atoms with Crippen molar-refractivity contribution in [2.75, 3.05) is 26.7 Å². The molecule has 1 aliphatic rings. The molecule has 5 heteroatoms. The summed E-state index contributed by atoms with van der Waals surface area (Å²) in [6, 6.07) is 8.38. The van der Waals surface area contributed by atoms with Crippen LogP contribution in [0, 0.1) is 0 Å². The van der Waals surface area contributed by atoms with Crippen LogP contribution in [0.3, 0.4) is 0 Å². The van der Waals surface area contributed by atoms with Gasteiger partial charge in [-0.2, -0.15) is 0 Å². The SMILES string of the molecule is CNC(=O)C1CNCCN1Cc1csc2ccccc12. The van der Waals surface area contributed by atoms with Crippen LogP contribution < -0.4 is 10.6 Å². The van der Waals surface area contributed by atoms with Crippen LogP contribution in [0.4, 0.5) is 0 Å². The highest BCUT2D eigenvalue weighted by Crippen LogP contribution is 2.27. The number of carbonyl (C=O) groups excluding carboxylic acids is 1. The number of benzene rings is 1. The third-order valence-corrected chi connectivity index (χ3v) is 4.85. The number of hydrogen-bond acceptors (Lipinski definition) is 4. The van der Waals surface area contributed by atoms with Gasteiger partial charge in [-0.3, -0.25) is 9.69 Å². The van der Waals surface area contributed by atoms with Gasteiger partial charge in [0.05, 0.1) is 0 Å². The third-order valence-electron chi connectivity index (χ3n) is 3.84. The molecule has 0 bridgehead atoms. The molecule has 2 heterocycles. The van der Waals surface area contributed by atoms with Crippen molar-refractivity contribution in [2.45, 2.75) is 12.6 Å². The molecule has 1 amide bonds. The van der Waals surface area contributed by atoms with Gasteiger partial charge in [-0.15, -0.1) is 11.3 Å². The first kappa shape index (κ1) is 13.5. The van der Waals surface area contributed by atoms with E-state index >= 15 is 0 Å². The van der Waals surface area contributed by atoms with Crippen LogP contribution in [-0.4, -0.2) is 43.5 Å². The number of carbonyl (C=O) groups is 1. The van der Waals surface area contributed by atoms with Crippen LogP contribution in [0.1, 0.15) is 5.56 Å². The van der Waals surface area contributed by atoms with Crippen molar-refractivity contribution in [1.82, 2.24) is 15.5 Å². The highest BCUT2D eigenvalue weighted by molar-refractivity contribution is 7.17. The summed E-state index contributed by atoms with van der Waals surface area (Å²) in [4.78, 5) is 14.2. The lowest BCUT2D eigenvalue weighted by Crippen LogP contribution is -2.56. The van der Waals surface area contributed by atoms with Crippen LogP contribution in [0.15, 0.2) is 29.6 Å². The van der Waals surface area contributed by atoms with Crippen molar-refractivity contribution >= 4 is 27.3 Å². The molecule has 1 fully saturated rings. The molecule has 4 nitrogen and oxygen atoms in total. The van der Waals surface area contributed by atoms with Crippen LogP contribution in [0.2, 0.25) is 0 Å². The molecule has 1 aliphatic heterocycles. The predicted molar refractivity (Wildman–Crippen MR) is 83.0 cm³/mol. The largest absolute Gasteiger partial charge is 0.358 e. The number of amides is 1. The van der Waals surface area contributed by atoms with Crippen molar-refractivity contribution in [2.24, 2.45) is 0 Å². The monoisotopic (exact) mass is 289 g/mol. The fourth-order valence-electron chi connectivity index (χ4n) is 2.73. The van der Waals surface area contributed by atoms with E-state index < -0.39 is 0 Å². The van der Waals surface area contributed by atoms with Gasteiger partial charge >= 0.3 is 0 Å². The number of fused-ring (bicyclic) bond motifs is 1.